The number of hydrogen-bond acceptors (Lipinski definition) is 6. The standard InChI is InChI=1S/C13H21N5O3/c1-4-6-14-11-8-10(18(20)21)9-12(16-11)15-7-5-13(19)17(2)3/h8-9H,4-7H2,1-3H3,(H2,14,15,16). The predicted octanol–water partition coefficient (Wildman–Crippen LogP) is 1.70. The Labute approximate surface area is 123 Å². The molecule has 0 spiro atoms. The fourth-order valence-electron chi connectivity index (χ4n) is 1.58. The van der Waals surface area contributed by atoms with Gasteiger partial charge in [-0.2, -0.15) is 0 Å². The van der Waals surface area contributed by atoms with Gasteiger partial charge in [-0.15, -0.1) is 0 Å². The van der Waals surface area contributed by atoms with Crippen molar-refractivity contribution in [2.75, 3.05) is 37.8 Å². The van der Waals surface area contributed by atoms with Gasteiger partial charge in [-0.1, -0.05) is 6.92 Å². The molecule has 2 N–H and O–H groups in total. The van der Waals surface area contributed by atoms with Gasteiger partial charge < -0.3 is 15.5 Å². The SMILES string of the molecule is CCCNc1cc([N+](=O)[O-])cc(NCCC(=O)N(C)C)n1. The Morgan fingerprint density at radius 3 is 2.33 bits per heavy atom. The molecule has 0 aromatic carbocycles. The van der Waals surface area contributed by atoms with Crippen LogP contribution in [-0.2, 0) is 4.79 Å². The predicted molar refractivity (Wildman–Crippen MR) is 81.5 cm³/mol. The van der Waals surface area contributed by atoms with Crippen LogP contribution in [0, 0.1) is 10.1 Å². The molecule has 0 saturated heterocycles. The first-order chi connectivity index (χ1) is 9.93. The van der Waals surface area contributed by atoms with Gasteiger partial charge in [0.15, 0.2) is 0 Å². The zero-order chi connectivity index (χ0) is 15.8. The third kappa shape index (κ3) is 5.64. The molecule has 116 valence electrons. The molecule has 0 bridgehead atoms. The second-order valence-electron chi connectivity index (χ2n) is 4.74. The molecule has 1 amide bonds. The first kappa shape index (κ1) is 16.7. The van der Waals surface area contributed by atoms with Crippen molar-refractivity contribution in [1.29, 1.82) is 0 Å². The van der Waals surface area contributed by atoms with Crippen LogP contribution in [0.15, 0.2) is 12.1 Å². The molecule has 21 heavy (non-hydrogen) atoms. The van der Waals surface area contributed by atoms with Crippen molar-refractivity contribution in [3.05, 3.63) is 22.2 Å². The minimum Gasteiger partial charge on any atom is -0.370 e. The van der Waals surface area contributed by atoms with E-state index in [-0.39, 0.29) is 11.6 Å². The molecule has 0 saturated carbocycles. The van der Waals surface area contributed by atoms with Crippen LogP contribution in [0.1, 0.15) is 19.8 Å². The van der Waals surface area contributed by atoms with Gasteiger partial charge in [0.1, 0.15) is 11.6 Å². The van der Waals surface area contributed by atoms with E-state index in [2.05, 4.69) is 15.6 Å². The van der Waals surface area contributed by atoms with Crippen LogP contribution in [0.3, 0.4) is 0 Å². The highest BCUT2D eigenvalue weighted by Crippen LogP contribution is 2.20. The molecule has 1 aromatic heterocycles. The quantitative estimate of drug-likeness (QED) is 0.559. The van der Waals surface area contributed by atoms with E-state index < -0.39 is 4.92 Å². The Morgan fingerprint density at radius 2 is 1.86 bits per heavy atom. The van der Waals surface area contributed by atoms with Gasteiger partial charge in [0.25, 0.3) is 5.69 Å². The number of anilines is 2. The number of carbonyl (C=O) groups excluding carboxylic acids is 1. The Morgan fingerprint density at radius 1 is 1.29 bits per heavy atom. The number of carbonyl (C=O) groups is 1. The Balaban J connectivity index is 2.73. The summed E-state index contributed by atoms with van der Waals surface area (Å²) in [4.78, 5) is 27.7. The van der Waals surface area contributed by atoms with E-state index in [1.54, 1.807) is 14.1 Å². The number of nitrogens with one attached hydrogen (secondary N) is 2. The van der Waals surface area contributed by atoms with Crippen molar-refractivity contribution < 1.29 is 9.72 Å². The molecular weight excluding hydrogens is 274 g/mol. The smallest absolute Gasteiger partial charge is 0.276 e. The minimum atomic E-state index is -0.463. The van der Waals surface area contributed by atoms with Crippen LogP contribution in [0.4, 0.5) is 17.3 Å². The molecule has 0 fully saturated rings. The monoisotopic (exact) mass is 295 g/mol. The van der Waals surface area contributed by atoms with Crippen LogP contribution < -0.4 is 10.6 Å². The number of hydrogen-bond donors (Lipinski definition) is 2. The van der Waals surface area contributed by atoms with Gasteiger partial charge in [-0.05, 0) is 6.42 Å². The summed E-state index contributed by atoms with van der Waals surface area (Å²) in [6, 6.07) is 2.75. The lowest BCUT2D eigenvalue weighted by Crippen LogP contribution is -2.24. The van der Waals surface area contributed by atoms with Gasteiger partial charge in [0.2, 0.25) is 5.91 Å². The highest BCUT2D eigenvalue weighted by atomic mass is 16.6. The first-order valence-corrected chi connectivity index (χ1v) is 6.78. The van der Waals surface area contributed by atoms with Gasteiger partial charge in [-0.25, -0.2) is 4.98 Å². The Kier molecular flexibility index (Phi) is 6.38. The summed E-state index contributed by atoms with van der Waals surface area (Å²) in [6.45, 7) is 3.06. The fraction of sp³-hybridized carbons (Fsp3) is 0.538. The third-order valence-corrected chi connectivity index (χ3v) is 2.72. The molecule has 1 rings (SSSR count). The van der Waals surface area contributed by atoms with E-state index in [1.165, 1.54) is 17.0 Å². The fourth-order valence-corrected chi connectivity index (χ4v) is 1.58. The first-order valence-electron chi connectivity index (χ1n) is 6.78. The van der Waals surface area contributed by atoms with E-state index in [4.69, 9.17) is 0 Å². The molecule has 0 aliphatic carbocycles. The molecule has 0 aliphatic heterocycles. The van der Waals surface area contributed by atoms with Gasteiger partial charge in [0, 0.05) is 33.6 Å². The summed E-state index contributed by atoms with van der Waals surface area (Å²) in [5, 5.41) is 16.9. The molecule has 0 aliphatic rings. The third-order valence-electron chi connectivity index (χ3n) is 2.72. The number of rotatable bonds is 8. The molecule has 1 heterocycles. The molecular formula is C13H21N5O3. The molecule has 8 nitrogen and oxygen atoms in total. The Hall–Kier alpha value is -2.38. The molecule has 0 atom stereocenters. The largest absolute Gasteiger partial charge is 0.370 e. The van der Waals surface area contributed by atoms with Crippen molar-refractivity contribution in [3.63, 3.8) is 0 Å². The topological polar surface area (TPSA) is 100 Å². The van der Waals surface area contributed by atoms with Crippen molar-refractivity contribution in [2.24, 2.45) is 0 Å². The van der Waals surface area contributed by atoms with E-state index in [1.807, 2.05) is 6.92 Å². The van der Waals surface area contributed by atoms with E-state index >= 15 is 0 Å². The maximum atomic E-state index is 11.5. The lowest BCUT2D eigenvalue weighted by molar-refractivity contribution is -0.384. The lowest BCUT2D eigenvalue weighted by Gasteiger charge is -2.11. The van der Waals surface area contributed by atoms with E-state index in [0.717, 1.165) is 6.42 Å². The van der Waals surface area contributed by atoms with Crippen LogP contribution in [0.2, 0.25) is 0 Å². The van der Waals surface area contributed by atoms with Gasteiger partial charge in [-0.3, -0.25) is 14.9 Å². The van der Waals surface area contributed by atoms with E-state index in [9.17, 15) is 14.9 Å². The molecule has 1 aromatic rings. The summed E-state index contributed by atoms with van der Waals surface area (Å²) >= 11 is 0. The highest BCUT2D eigenvalue weighted by molar-refractivity contribution is 5.76. The summed E-state index contributed by atoms with van der Waals surface area (Å²) in [7, 11) is 3.36. The maximum absolute atomic E-state index is 11.5. The average Bonchev–Trinajstić information content (AvgIpc) is 2.44. The summed E-state index contributed by atoms with van der Waals surface area (Å²) in [5.74, 6) is 0.819. The van der Waals surface area contributed by atoms with Crippen LogP contribution in [0.5, 0.6) is 0 Å². The van der Waals surface area contributed by atoms with Crippen LogP contribution in [0.25, 0.3) is 0 Å². The average molecular weight is 295 g/mol. The number of nitrogens with zero attached hydrogens (tertiary/aromatic N) is 3. The number of pyridine rings is 1. The second kappa shape index (κ2) is 8.03. The minimum absolute atomic E-state index is 0.0164. The number of nitro groups is 1. The van der Waals surface area contributed by atoms with Crippen molar-refractivity contribution >= 4 is 23.2 Å². The van der Waals surface area contributed by atoms with Gasteiger partial charge >= 0.3 is 0 Å². The van der Waals surface area contributed by atoms with E-state index in [0.29, 0.717) is 31.1 Å². The molecule has 0 radical (unpaired) electrons. The van der Waals surface area contributed by atoms with Gasteiger partial charge in [0.05, 0.1) is 17.1 Å². The lowest BCUT2D eigenvalue weighted by atomic mass is 10.3. The van der Waals surface area contributed by atoms with Crippen molar-refractivity contribution in [1.82, 2.24) is 9.88 Å². The molecule has 0 unspecified atom stereocenters. The zero-order valence-corrected chi connectivity index (χ0v) is 12.5. The summed E-state index contributed by atoms with van der Waals surface area (Å²) in [6.07, 6.45) is 1.19. The number of aromatic nitrogens is 1. The Bertz CT molecular complexity index is 505. The van der Waals surface area contributed by atoms with Crippen molar-refractivity contribution in [3.8, 4) is 0 Å². The van der Waals surface area contributed by atoms with Crippen LogP contribution >= 0.6 is 0 Å². The number of amides is 1. The summed E-state index contributed by atoms with van der Waals surface area (Å²) in [5.41, 5.74) is -0.0370. The highest BCUT2D eigenvalue weighted by Gasteiger charge is 2.11. The second-order valence-corrected chi connectivity index (χ2v) is 4.74. The zero-order valence-electron chi connectivity index (χ0n) is 12.5. The molecule has 8 heteroatoms. The van der Waals surface area contributed by atoms with Crippen LogP contribution in [-0.4, -0.2) is 47.9 Å². The van der Waals surface area contributed by atoms with Crippen molar-refractivity contribution in [2.45, 2.75) is 19.8 Å². The normalized spacial score (nSPS) is 10.0. The summed E-state index contributed by atoms with van der Waals surface area (Å²) < 4.78 is 0. The maximum Gasteiger partial charge on any atom is 0.276 e.